The summed E-state index contributed by atoms with van der Waals surface area (Å²) in [4.78, 5) is 18.8. The molecule has 0 aliphatic carbocycles. The summed E-state index contributed by atoms with van der Waals surface area (Å²) < 4.78 is 1.61. The molecule has 1 aromatic heterocycles. The van der Waals surface area contributed by atoms with E-state index in [9.17, 15) is 4.79 Å². The Morgan fingerprint density at radius 1 is 1.38 bits per heavy atom. The van der Waals surface area contributed by atoms with Crippen LogP contribution >= 0.6 is 12.4 Å². The molecule has 1 amide bonds. The highest BCUT2D eigenvalue weighted by atomic mass is 35.5. The lowest BCUT2D eigenvalue weighted by Gasteiger charge is -2.38. The first-order valence-electron chi connectivity index (χ1n) is 8.15. The molecule has 1 aromatic carbocycles. The average molecular weight is 350 g/mol. The molecule has 130 valence electrons. The number of hydrogen-bond donors (Lipinski definition) is 1. The molecule has 3 rings (SSSR count). The fourth-order valence-corrected chi connectivity index (χ4v) is 3.01. The van der Waals surface area contributed by atoms with Crippen LogP contribution in [0.3, 0.4) is 0 Å². The van der Waals surface area contributed by atoms with Crippen LogP contribution in [0.4, 0.5) is 0 Å². The zero-order valence-corrected chi connectivity index (χ0v) is 14.9. The fraction of sp³-hybridized carbons (Fsp3) is 0.471. The van der Waals surface area contributed by atoms with Gasteiger partial charge in [0.1, 0.15) is 18.7 Å². The summed E-state index contributed by atoms with van der Waals surface area (Å²) in [6.07, 6.45) is 4.08. The molecule has 1 aliphatic rings. The van der Waals surface area contributed by atoms with Crippen molar-refractivity contribution in [2.24, 2.45) is 0 Å². The van der Waals surface area contributed by atoms with E-state index < -0.39 is 0 Å². The van der Waals surface area contributed by atoms with Crippen LogP contribution in [0.2, 0.25) is 0 Å². The molecule has 6 nitrogen and oxygen atoms in total. The molecular weight excluding hydrogens is 326 g/mol. The van der Waals surface area contributed by atoms with Crippen molar-refractivity contribution in [2.45, 2.75) is 32.4 Å². The summed E-state index contributed by atoms with van der Waals surface area (Å²) in [6.45, 7) is 6.32. The number of aromatic nitrogens is 3. The van der Waals surface area contributed by atoms with E-state index in [1.807, 2.05) is 11.8 Å². The van der Waals surface area contributed by atoms with Gasteiger partial charge in [-0.3, -0.25) is 4.79 Å². The highest BCUT2D eigenvalue weighted by Crippen LogP contribution is 2.25. The van der Waals surface area contributed by atoms with Gasteiger partial charge in [0.25, 0.3) is 0 Å². The third-order valence-electron chi connectivity index (χ3n) is 4.49. The number of amides is 1. The Morgan fingerprint density at radius 2 is 2.12 bits per heavy atom. The molecule has 24 heavy (non-hydrogen) atoms. The van der Waals surface area contributed by atoms with E-state index in [1.165, 1.54) is 17.5 Å². The van der Waals surface area contributed by atoms with Crippen molar-refractivity contribution < 1.29 is 4.79 Å². The van der Waals surface area contributed by atoms with Gasteiger partial charge >= 0.3 is 0 Å². The average Bonchev–Trinajstić information content (AvgIpc) is 3.15. The number of halogens is 1. The van der Waals surface area contributed by atoms with Gasteiger partial charge in [-0.2, -0.15) is 5.10 Å². The van der Waals surface area contributed by atoms with Gasteiger partial charge in [0, 0.05) is 19.6 Å². The first-order chi connectivity index (χ1) is 11.2. The number of carbonyl (C=O) groups excluding carboxylic acids is 1. The third-order valence-corrected chi connectivity index (χ3v) is 4.49. The van der Waals surface area contributed by atoms with E-state index >= 15 is 0 Å². The maximum Gasteiger partial charge on any atom is 0.247 e. The first kappa shape index (κ1) is 18.4. The molecule has 1 saturated heterocycles. The molecule has 0 spiro atoms. The summed E-state index contributed by atoms with van der Waals surface area (Å²) in [5.41, 5.74) is 2.49. The lowest BCUT2D eigenvalue weighted by Crippen LogP contribution is -2.50. The maximum atomic E-state index is 12.9. The Kier molecular flexibility index (Phi) is 6.34. The highest BCUT2D eigenvalue weighted by molar-refractivity contribution is 5.85. The number of carbonyl (C=O) groups is 1. The predicted molar refractivity (Wildman–Crippen MR) is 95.1 cm³/mol. The summed E-state index contributed by atoms with van der Waals surface area (Å²) in [6, 6.07) is 8.29. The summed E-state index contributed by atoms with van der Waals surface area (Å²) in [7, 11) is 0. The summed E-state index contributed by atoms with van der Waals surface area (Å²) in [5.74, 6) is 0.0848. The summed E-state index contributed by atoms with van der Waals surface area (Å²) >= 11 is 0. The minimum absolute atomic E-state index is 0. The largest absolute Gasteiger partial charge is 0.331 e. The van der Waals surface area contributed by atoms with Gasteiger partial charge in [-0.15, -0.1) is 12.4 Å². The Bertz CT molecular complexity index is 644. The number of rotatable bonds is 4. The van der Waals surface area contributed by atoms with Crippen molar-refractivity contribution in [3.63, 3.8) is 0 Å². The van der Waals surface area contributed by atoms with Crippen LogP contribution in [0.1, 0.15) is 37.1 Å². The summed E-state index contributed by atoms with van der Waals surface area (Å²) in [5, 5.41) is 7.49. The lowest BCUT2D eigenvalue weighted by molar-refractivity contribution is -0.138. The van der Waals surface area contributed by atoms with Crippen molar-refractivity contribution in [3.8, 4) is 0 Å². The molecule has 7 heteroatoms. The van der Waals surface area contributed by atoms with Gasteiger partial charge in [-0.25, -0.2) is 9.67 Å². The van der Waals surface area contributed by atoms with Gasteiger partial charge < -0.3 is 10.2 Å². The van der Waals surface area contributed by atoms with E-state index in [1.54, 1.807) is 11.0 Å². The van der Waals surface area contributed by atoms with Crippen LogP contribution in [0, 0.1) is 0 Å². The van der Waals surface area contributed by atoms with Crippen LogP contribution in [-0.4, -0.2) is 45.2 Å². The maximum absolute atomic E-state index is 12.9. The number of piperazine rings is 1. The molecule has 1 N–H and O–H groups in total. The predicted octanol–water partition coefficient (Wildman–Crippen LogP) is 2.00. The number of aryl methyl sites for hydroxylation is 1. The number of nitrogens with zero attached hydrogens (tertiary/aromatic N) is 4. The van der Waals surface area contributed by atoms with E-state index in [-0.39, 0.29) is 30.4 Å². The quantitative estimate of drug-likeness (QED) is 0.917. The second-order valence-corrected chi connectivity index (χ2v) is 5.90. The fourth-order valence-electron chi connectivity index (χ4n) is 3.01. The Hall–Kier alpha value is -1.92. The van der Waals surface area contributed by atoms with E-state index in [0.717, 1.165) is 19.5 Å². The minimum Gasteiger partial charge on any atom is -0.331 e. The van der Waals surface area contributed by atoms with Crippen molar-refractivity contribution in [2.75, 3.05) is 19.6 Å². The van der Waals surface area contributed by atoms with Crippen LogP contribution in [-0.2, 0) is 11.2 Å². The molecule has 1 aliphatic heterocycles. The Morgan fingerprint density at radius 3 is 2.75 bits per heavy atom. The highest BCUT2D eigenvalue weighted by Gasteiger charge is 2.31. The lowest BCUT2D eigenvalue weighted by atomic mass is 10.00. The van der Waals surface area contributed by atoms with Crippen LogP contribution < -0.4 is 5.32 Å². The first-order valence-corrected chi connectivity index (χ1v) is 8.15. The molecule has 2 unspecified atom stereocenters. The van der Waals surface area contributed by atoms with Gasteiger partial charge in [0.15, 0.2) is 0 Å². The van der Waals surface area contributed by atoms with E-state index in [4.69, 9.17) is 0 Å². The molecular formula is C17H24ClN5O. The van der Waals surface area contributed by atoms with Gasteiger partial charge in [0.05, 0.1) is 6.04 Å². The van der Waals surface area contributed by atoms with Crippen molar-refractivity contribution in [1.82, 2.24) is 25.0 Å². The molecule has 0 bridgehead atoms. The van der Waals surface area contributed by atoms with Gasteiger partial charge in [-0.1, -0.05) is 31.2 Å². The van der Waals surface area contributed by atoms with Crippen LogP contribution in [0.25, 0.3) is 0 Å². The normalized spacial score (nSPS) is 18.8. The van der Waals surface area contributed by atoms with Crippen LogP contribution in [0.5, 0.6) is 0 Å². The zero-order valence-electron chi connectivity index (χ0n) is 14.1. The van der Waals surface area contributed by atoms with E-state index in [0.29, 0.717) is 6.54 Å². The molecule has 2 atom stereocenters. The van der Waals surface area contributed by atoms with Gasteiger partial charge in [0.2, 0.25) is 5.91 Å². The standard InChI is InChI=1S/C17H23N5O.ClH/c1-3-14-4-6-15(7-5-14)16-10-18-8-9-21(16)17(23)13(2)22-12-19-11-20-22;/h4-7,11-13,16,18H,3,8-10H2,1-2H3;1H. The molecule has 1 fully saturated rings. The SMILES string of the molecule is CCc1ccc(C2CNCCN2C(=O)C(C)n2cncn2)cc1.Cl. The number of nitrogens with one attached hydrogen (secondary N) is 1. The third kappa shape index (κ3) is 3.76. The molecule has 2 aromatic rings. The Balaban J connectivity index is 0.00000208. The topological polar surface area (TPSA) is 63.1 Å². The van der Waals surface area contributed by atoms with Crippen LogP contribution in [0.15, 0.2) is 36.9 Å². The monoisotopic (exact) mass is 349 g/mol. The number of hydrogen-bond acceptors (Lipinski definition) is 4. The van der Waals surface area contributed by atoms with Crippen molar-refractivity contribution in [3.05, 3.63) is 48.0 Å². The second kappa shape index (κ2) is 8.26. The van der Waals surface area contributed by atoms with E-state index in [2.05, 4.69) is 46.6 Å². The van der Waals surface area contributed by atoms with Crippen molar-refractivity contribution in [1.29, 1.82) is 0 Å². The molecule has 0 saturated carbocycles. The minimum atomic E-state index is -0.340. The zero-order chi connectivity index (χ0) is 16.2. The smallest absolute Gasteiger partial charge is 0.247 e. The van der Waals surface area contributed by atoms with Crippen molar-refractivity contribution >= 4 is 18.3 Å². The number of benzene rings is 1. The van der Waals surface area contributed by atoms with Gasteiger partial charge in [-0.05, 0) is 24.5 Å². The second-order valence-electron chi connectivity index (χ2n) is 5.90. The molecule has 2 heterocycles. The molecule has 0 radical (unpaired) electrons. The Labute approximate surface area is 148 Å².